The zero-order valence-corrected chi connectivity index (χ0v) is 13.5. The molecule has 0 bridgehead atoms. The van der Waals surface area contributed by atoms with E-state index in [1.165, 1.54) is 0 Å². The number of nitrogens with one attached hydrogen (secondary N) is 1. The second kappa shape index (κ2) is 9.30. The first-order valence-electron chi connectivity index (χ1n) is 7.46. The fourth-order valence-corrected chi connectivity index (χ4v) is 2.25. The highest BCUT2D eigenvalue weighted by molar-refractivity contribution is 6.30. The van der Waals surface area contributed by atoms with Crippen LogP contribution in [0, 0.1) is 0 Å². The number of halogens is 1. The molecule has 0 fully saturated rings. The molecule has 5 heteroatoms. The largest absolute Gasteiger partial charge is 0.394 e. The van der Waals surface area contributed by atoms with Crippen LogP contribution < -0.4 is 5.32 Å². The Morgan fingerprint density at radius 3 is 2.48 bits per heavy atom. The van der Waals surface area contributed by atoms with E-state index in [4.69, 9.17) is 16.3 Å². The molecule has 2 aromatic carbocycles. The summed E-state index contributed by atoms with van der Waals surface area (Å²) in [5.74, 6) is -0.160. The second-order valence-electron chi connectivity index (χ2n) is 5.14. The van der Waals surface area contributed by atoms with E-state index in [2.05, 4.69) is 5.32 Å². The third kappa shape index (κ3) is 6.02. The number of carbonyl (C=O) groups excluding carboxylic acids is 1. The number of amides is 1. The van der Waals surface area contributed by atoms with E-state index in [0.717, 1.165) is 11.1 Å². The summed E-state index contributed by atoms with van der Waals surface area (Å²) in [6.45, 7) is 0.645. The van der Waals surface area contributed by atoms with Gasteiger partial charge in [-0.2, -0.15) is 0 Å². The molecule has 1 amide bonds. The van der Waals surface area contributed by atoms with E-state index < -0.39 is 6.04 Å². The topological polar surface area (TPSA) is 58.6 Å². The lowest BCUT2D eigenvalue weighted by molar-refractivity contribution is -0.123. The van der Waals surface area contributed by atoms with Gasteiger partial charge in [0.2, 0.25) is 5.91 Å². The van der Waals surface area contributed by atoms with Crippen LogP contribution in [0.15, 0.2) is 54.6 Å². The third-order valence-corrected chi connectivity index (χ3v) is 3.63. The number of benzene rings is 2. The van der Waals surface area contributed by atoms with Crippen molar-refractivity contribution >= 4 is 17.5 Å². The first-order chi connectivity index (χ1) is 11.2. The molecule has 2 N–H and O–H groups in total. The average molecular weight is 334 g/mol. The number of ether oxygens (including phenoxy) is 1. The summed E-state index contributed by atoms with van der Waals surface area (Å²) in [4.78, 5) is 11.9. The van der Waals surface area contributed by atoms with Crippen LogP contribution in [0.5, 0.6) is 0 Å². The first kappa shape index (κ1) is 17.5. The van der Waals surface area contributed by atoms with Crippen molar-refractivity contribution in [1.82, 2.24) is 5.32 Å². The molecule has 0 aromatic heterocycles. The van der Waals surface area contributed by atoms with Gasteiger partial charge in [0.1, 0.15) is 0 Å². The average Bonchev–Trinajstić information content (AvgIpc) is 2.58. The lowest BCUT2D eigenvalue weighted by Crippen LogP contribution is -2.31. The van der Waals surface area contributed by atoms with Crippen LogP contribution in [-0.4, -0.2) is 24.2 Å². The van der Waals surface area contributed by atoms with Gasteiger partial charge in [0.25, 0.3) is 0 Å². The normalized spacial score (nSPS) is 11.9. The summed E-state index contributed by atoms with van der Waals surface area (Å²) in [6.07, 6.45) is 0.247. The van der Waals surface area contributed by atoms with Gasteiger partial charge in [0.05, 0.1) is 25.9 Å². The van der Waals surface area contributed by atoms with Crippen molar-refractivity contribution in [1.29, 1.82) is 0 Å². The van der Waals surface area contributed by atoms with Crippen molar-refractivity contribution in [2.24, 2.45) is 0 Å². The van der Waals surface area contributed by atoms with Crippen molar-refractivity contribution in [3.05, 3.63) is 70.7 Å². The smallest absolute Gasteiger partial charge is 0.222 e. The van der Waals surface area contributed by atoms with Gasteiger partial charge in [0, 0.05) is 11.4 Å². The van der Waals surface area contributed by atoms with E-state index in [9.17, 15) is 9.90 Å². The van der Waals surface area contributed by atoms with Gasteiger partial charge >= 0.3 is 0 Å². The van der Waals surface area contributed by atoms with E-state index in [0.29, 0.717) is 18.2 Å². The zero-order valence-electron chi connectivity index (χ0n) is 12.7. The first-order valence-corrected chi connectivity index (χ1v) is 7.84. The number of aliphatic hydroxyl groups excluding tert-OH is 1. The Hall–Kier alpha value is -1.88. The standard InChI is InChI=1S/C18H20ClNO3/c19-16-8-6-15(7-9-16)17(12-21)20-18(22)10-11-23-13-14-4-2-1-3-5-14/h1-9,17,21H,10-13H2,(H,20,22). The molecule has 1 atom stereocenters. The zero-order chi connectivity index (χ0) is 16.5. The lowest BCUT2D eigenvalue weighted by atomic mass is 10.1. The van der Waals surface area contributed by atoms with Crippen LogP contribution in [0.25, 0.3) is 0 Å². The number of rotatable bonds is 8. The molecule has 0 saturated heterocycles. The summed E-state index contributed by atoms with van der Waals surface area (Å²) in [7, 11) is 0. The van der Waals surface area contributed by atoms with Crippen molar-refractivity contribution in [2.45, 2.75) is 19.1 Å². The fraction of sp³-hybridized carbons (Fsp3) is 0.278. The van der Waals surface area contributed by atoms with Gasteiger partial charge in [-0.05, 0) is 23.3 Å². The van der Waals surface area contributed by atoms with Gasteiger partial charge < -0.3 is 15.2 Å². The quantitative estimate of drug-likeness (QED) is 0.730. The van der Waals surface area contributed by atoms with Crippen LogP contribution in [0.4, 0.5) is 0 Å². The second-order valence-corrected chi connectivity index (χ2v) is 5.58. The molecule has 0 aliphatic carbocycles. The Labute approximate surface area is 141 Å². The molecule has 0 spiro atoms. The highest BCUT2D eigenvalue weighted by Gasteiger charge is 2.13. The van der Waals surface area contributed by atoms with Crippen LogP contribution in [0.3, 0.4) is 0 Å². The van der Waals surface area contributed by atoms with Crippen molar-refractivity contribution < 1.29 is 14.6 Å². The van der Waals surface area contributed by atoms with E-state index in [1.807, 2.05) is 30.3 Å². The molecule has 0 saturated carbocycles. The Bertz CT molecular complexity index is 601. The van der Waals surface area contributed by atoms with Crippen LogP contribution >= 0.6 is 11.6 Å². The predicted octanol–water partition coefficient (Wildman–Crippen LogP) is 3.10. The summed E-state index contributed by atoms with van der Waals surface area (Å²) in [5, 5.41) is 12.8. The number of hydrogen-bond donors (Lipinski definition) is 2. The summed E-state index contributed by atoms with van der Waals surface area (Å²) in [5.41, 5.74) is 1.89. The minimum absolute atomic E-state index is 0.160. The van der Waals surface area contributed by atoms with Gasteiger partial charge in [0.15, 0.2) is 0 Å². The maximum Gasteiger partial charge on any atom is 0.222 e. The van der Waals surface area contributed by atoms with E-state index in [-0.39, 0.29) is 18.9 Å². The number of aliphatic hydroxyl groups is 1. The summed E-state index contributed by atoms with van der Waals surface area (Å²) >= 11 is 5.83. The van der Waals surface area contributed by atoms with Crippen LogP contribution in [0.1, 0.15) is 23.6 Å². The maximum atomic E-state index is 11.9. The summed E-state index contributed by atoms with van der Waals surface area (Å²) in [6, 6.07) is 16.4. The SMILES string of the molecule is O=C(CCOCc1ccccc1)NC(CO)c1ccc(Cl)cc1. The Morgan fingerprint density at radius 2 is 1.83 bits per heavy atom. The number of hydrogen-bond acceptors (Lipinski definition) is 3. The Balaban J connectivity index is 1.73. The van der Waals surface area contributed by atoms with Gasteiger partial charge in [-0.25, -0.2) is 0 Å². The Morgan fingerprint density at radius 1 is 1.13 bits per heavy atom. The molecule has 1 unspecified atom stereocenters. The molecule has 0 aliphatic rings. The fourth-order valence-electron chi connectivity index (χ4n) is 2.13. The minimum atomic E-state index is -0.436. The predicted molar refractivity (Wildman–Crippen MR) is 90.1 cm³/mol. The molecule has 4 nitrogen and oxygen atoms in total. The molecule has 23 heavy (non-hydrogen) atoms. The van der Waals surface area contributed by atoms with Crippen LogP contribution in [0.2, 0.25) is 5.02 Å². The molecule has 0 aliphatic heterocycles. The molecule has 0 heterocycles. The molecule has 122 valence electrons. The third-order valence-electron chi connectivity index (χ3n) is 3.38. The lowest BCUT2D eigenvalue weighted by Gasteiger charge is -2.17. The van der Waals surface area contributed by atoms with Crippen molar-refractivity contribution in [2.75, 3.05) is 13.2 Å². The van der Waals surface area contributed by atoms with Crippen LogP contribution in [-0.2, 0) is 16.1 Å². The van der Waals surface area contributed by atoms with Gasteiger partial charge in [-0.1, -0.05) is 54.1 Å². The summed E-state index contributed by atoms with van der Waals surface area (Å²) < 4.78 is 5.49. The molecule has 0 radical (unpaired) electrons. The van der Waals surface area contributed by atoms with Crippen molar-refractivity contribution in [3.63, 3.8) is 0 Å². The molecule has 2 rings (SSSR count). The van der Waals surface area contributed by atoms with Gasteiger partial charge in [-0.3, -0.25) is 4.79 Å². The number of carbonyl (C=O) groups is 1. The molecular formula is C18H20ClNO3. The monoisotopic (exact) mass is 333 g/mol. The Kier molecular flexibility index (Phi) is 7.07. The van der Waals surface area contributed by atoms with E-state index in [1.54, 1.807) is 24.3 Å². The highest BCUT2D eigenvalue weighted by Crippen LogP contribution is 2.16. The van der Waals surface area contributed by atoms with E-state index >= 15 is 0 Å². The maximum absolute atomic E-state index is 11.9. The minimum Gasteiger partial charge on any atom is -0.394 e. The molecule has 2 aromatic rings. The van der Waals surface area contributed by atoms with Gasteiger partial charge in [-0.15, -0.1) is 0 Å². The highest BCUT2D eigenvalue weighted by atomic mass is 35.5. The van der Waals surface area contributed by atoms with Crippen molar-refractivity contribution in [3.8, 4) is 0 Å². The molecular weight excluding hydrogens is 314 g/mol.